The summed E-state index contributed by atoms with van der Waals surface area (Å²) in [6, 6.07) is 0. The van der Waals surface area contributed by atoms with Gasteiger partial charge in [0.25, 0.3) is 0 Å². The van der Waals surface area contributed by atoms with Gasteiger partial charge in [-0.2, -0.15) is 0 Å². The van der Waals surface area contributed by atoms with Crippen LogP contribution in [0.3, 0.4) is 0 Å². The molecule has 0 spiro atoms. The molecule has 0 radical (unpaired) electrons. The van der Waals surface area contributed by atoms with Gasteiger partial charge in [-0.1, -0.05) is 0 Å². The summed E-state index contributed by atoms with van der Waals surface area (Å²) in [5, 5.41) is 9.15. The van der Waals surface area contributed by atoms with E-state index in [2.05, 4.69) is 4.90 Å². The van der Waals surface area contributed by atoms with Gasteiger partial charge in [0.1, 0.15) is 6.23 Å². The Bertz CT molecular complexity index is 95.2. The number of hydrogen-bond donors (Lipinski definition) is 1. The Kier molecular flexibility index (Phi) is 1.99. The second kappa shape index (κ2) is 2.45. The zero-order chi connectivity index (χ0) is 5.56. The summed E-state index contributed by atoms with van der Waals surface area (Å²) in [4.78, 5) is 2.13. The lowest BCUT2D eigenvalue weighted by molar-refractivity contribution is -0.155. The summed E-state index contributed by atoms with van der Waals surface area (Å²) in [6.45, 7) is 2.28. The molecule has 0 amide bonds. The van der Waals surface area contributed by atoms with Gasteiger partial charge in [0.2, 0.25) is 0 Å². The zero-order valence-electron chi connectivity index (χ0n) is 5.29. The van der Waals surface area contributed by atoms with Gasteiger partial charge >= 0.3 is 0 Å². The minimum absolute atomic E-state index is 0. The van der Waals surface area contributed by atoms with Gasteiger partial charge in [0, 0.05) is 19.0 Å². The van der Waals surface area contributed by atoms with E-state index >= 15 is 0 Å². The fourth-order valence-electron chi connectivity index (χ4n) is 1.68. The number of nitrogens with zero attached hydrogens (tertiary/aromatic N) is 1. The van der Waals surface area contributed by atoms with E-state index in [0.29, 0.717) is 5.92 Å². The number of aliphatic hydroxyl groups excluding tert-OH is 1. The first-order valence-electron chi connectivity index (χ1n) is 3.30. The number of piperidine rings is 2. The number of halogens is 1. The van der Waals surface area contributed by atoms with E-state index in [1.807, 2.05) is 0 Å². The average Bonchev–Trinajstić information content (AvgIpc) is 1.89. The van der Waals surface area contributed by atoms with Crippen LogP contribution in [-0.4, -0.2) is 29.3 Å². The SMILES string of the molecule is Cl.OC1C2CCCN1C2. The molecule has 9 heavy (non-hydrogen) atoms. The van der Waals surface area contributed by atoms with Crippen LogP contribution in [0.5, 0.6) is 0 Å². The van der Waals surface area contributed by atoms with E-state index in [0.717, 1.165) is 13.1 Å². The summed E-state index contributed by atoms with van der Waals surface area (Å²) in [5.41, 5.74) is 0. The van der Waals surface area contributed by atoms with Crippen molar-refractivity contribution in [2.45, 2.75) is 19.1 Å². The quantitative estimate of drug-likeness (QED) is 0.541. The molecule has 0 saturated carbocycles. The van der Waals surface area contributed by atoms with Crippen LogP contribution in [0.2, 0.25) is 0 Å². The zero-order valence-corrected chi connectivity index (χ0v) is 6.10. The van der Waals surface area contributed by atoms with Crippen LogP contribution in [0.1, 0.15) is 12.8 Å². The minimum atomic E-state index is -0.0660. The van der Waals surface area contributed by atoms with Crippen molar-refractivity contribution in [3.05, 3.63) is 0 Å². The van der Waals surface area contributed by atoms with Gasteiger partial charge in [-0.15, -0.1) is 12.4 Å². The van der Waals surface area contributed by atoms with Crippen molar-refractivity contribution in [2.24, 2.45) is 5.92 Å². The van der Waals surface area contributed by atoms with Crippen molar-refractivity contribution < 1.29 is 5.11 Å². The predicted molar refractivity (Wildman–Crippen MR) is 37.6 cm³/mol. The summed E-state index contributed by atoms with van der Waals surface area (Å²) in [5.74, 6) is 0.628. The maximum absolute atomic E-state index is 9.15. The highest BCUT2D eigenvalue weighted by Crippen LogP contribution is 2.31. The van der Waals surface area contributed by atoms with Crippen LogP contribution in [-0.2, 0) is 0 Å². The molecule has 0 aromatic carbocycles. The first-order valence-corrected chi connectivity index (χ1v) is 3.30. The van der Waals surface area contributed by atoms with E-state index in [1.54, 1.807) is 0 Å². The van der Waals surface area contributed by atoms with Crippen molar-refractivity contribution in [2.75, 3.05) is 13.1 Å². The van der Waals surface area contributed by atoms with Gasteiger partial charge in [-0.05, 0) is 12.8 Å². The fourth-order valence-corrected chi connectivity index (χ4v) is 1.68. The molecule has 3 unspecified atom stereocenters. The first kappa shape index (κ1) is 7.32. The standard InChI is InChI=1S/C6H11NO.ClH/c8-6-5-2-1-3-7(6)4-5;/h5-6,8H,1-4H2;1H. The third-order valence-corrected chi connectivity index (χ3v) is 2.29. The lowest BCUT2D eigenvalue weighted by atomic mass is 9.87. The second-order valence-corrected chi connectivity index (χ2v) is 2.81. The van der Waals surface area contributed by atoms with E-state index in [-0.39, 0.29) is 18.6 Å². The normalized spacial score (nSPS) is 47.0. The molecule has 2 nitrogen and oxygen atoms in total. The van der Waals surface area contributed by atoms with Crippen LogP contribution >= 0.6 is 12.4 Å². The van der Waals surface area contributed by atoms with Crippen LogP contribution in [0.15, 0.2) is 0 Å². The fraction of sp³-hybridized carbons (Fsp3) is 1.00. The molecule has 0 aliphatic carbocycles. The Morgan fingerprint density at radius 1 is 1.44 bits per heavy atom. The Balaban J connectivity index is 0.000000405. The lowest BCUT2D eigenvalue weighted by Gasteiger charge is -2.49. The van der Waals surface area contributed by atoms with Gasteiger partial charge in [0.15, 0.2) is 0 Å². The summed E-state index contributed by atoms with van der Waals surface area (Å²) in [7, 11) is 0. The second-order valence-electron chi connectivity index (χ2n) is 2.81. The Morgan fingerprint density at radius 2 is 2.22 bits per heavy atom. The van der Waals surface area contributed by atoms with Gasteiger partial charge in [-0.25, -0.2) is 0 Å². The molecular formula is C6H12ClNO. The van der Waals surface area contributed by atoms with Crippen molar-refractivity contribution in [3.8, 4) is 0 Å². The third-order valence-electron chi connectivity index (χ3n) is 2.29. The molecule has 0 aromatic rings. The highest BCUT2D eigenvalue weighted by atomic mass is 35.5. The van der Waals surface area contributed by atoms with Crippen molar-refractivity contribution >= 4 is 12.4 Å². The topological polar surface area (TPSA) is 23.5 Å². The maximum atomic E-state index is 9.15. The Morgan fingerprint density at radius 3 is 2.44 bits per heavy atom. The van der Waals surface area contributed by atoms with E-state index in [4.69, 9.17) is 5.11 Å². The number of fused-ring (bicyclic) bond motifs is 2. The predicted octanol–water partition coefficient (Wildman–Crippen LogP) is 0.452. The molecule has 3 atom stereocenters. The van der Waals surface area contributed by atoms with Crippen molar-refractivity contribution in [1.29, 1.82) is 0 Å². The van der Waals surface area contributed by atoms with E-state index in [9.17, 15) is 0 Å². The third kappa shape index (κ3) is 0.955. The minimum Gasteiger partial charge on any atom is -0.378 e. The lowest BCUT2D eigenvalue weighted by Crippen LogP contribution is -2.59. The molecule has 3 rings (SSSR count). The number of aliphatic hydroxyl groups is 1. The molecule has 3 fully saturated rings. The Hall–Kier alpha value is 0.210. The maximum Gasteiger partial charge on any atom is 0.111 e. The average molecular weight is 150 g/mol. The molecule has 1 N–H and O–H groups in total. The molecule has 54 valence electrons. The molecule has 3 heteroatoms. The highest BCUT2D eigenvalue weighted by molar-refractivity contribution is 5.85. The molecule has 0 aromatic heterocycles. The van der Waals surface area contributed by atoms with Crippen LogP contribution in [0, 0.1) is 5.92 Å². The molecular weight excluding hydrogens is 138 g/mol. The molecule has 3 aliphatic heterocycles. The highest BCUT2D eigenvalue weighted by Gasteiger charge is 2.39. The van der Waals surface area contributed by atoms with Crippen molar-refractivity contribution in [1.82, 2.24) is 4.90 Å². The molecule has 3 heterocycles. The van der Waals surface area contributed by atoms with Gasteiger partial charge in [0.05, 0.1) is 0 Å². The smallest absolute Gasteiger partial charge is 0.111 e. The molecule has 3 aliphatic rings. The number of rotatable bonds is 0. The van der Waals surface area contributed by atoms with Gasteiger partial charge in [-0.3, -0.25) is 4.90 Å². The first-order chi connectivity index (χ1) is 3.88. The van der Waals surface area contributed by atoms with Gasteiger partial charge < -0.3 is 5.11 Å². The Labute approximate surface area is 61.3 Å². The van der Waals surface area contributed by atoms with Crippen molar-refractivity contribution in [3.63, 3.8) is 0 Å². The van der Waals surface area contributed by atoms with Crippen LogP contribution in [0.4, 0.5) is 0 Å². The number of hydrogen-bond acceptors (Lipinski definition) is 2. The molecule has 2 bridgehead atoms. The molecule has 3 saturated heterocycles. The largest absolute Gasteiger partial charge is 0.378 e. The summed E-state index contributed by atoms with van der Waals surface area (Å²) < 4.78 is 0. The van der Waals surface area contributed by atoms with Crippen LogP contribution in [0.25, 0.3) is 0 Å². The summed E-state index contributed by atoms with van der Waals surface area (Å²) in [6.07, 6.45) is 2.48. The van der Waals surface area contributed by atoms with E-state index < -0.39 is 0 Å². The van der Waals surface area contributed by atoms with E-state index in [1.165, 1.54) is 12.8 Å². The van der Waals surface area contributed by atoms with Crippen LogP contribution < -0.4 is 0 Å². The summed E-state index contributed by atoms with van der Waals surface area (Å²) >= 11 is 0. The monoisotopic (exact) mass is 149 g/mol.